The minimum Gasteiger partial charge on any atom is -0.324 e. The van der Waals surface area contributed by atoms with Crippen LogP contribution >= 0.6 is 12.4 Å². The highest BCUT2D eigenvalue weighted by Crippen LogP contribution is 2.24. The Morgan fingerprint density at radius 3 is 2.37 bits per heavy atom. The molecule has 0 radical (unpaired) electrons. The molecule has 2 heteroatoms. The van der Waals surface area contributed by atoms with Gasteiger partial charge < -0.3 is 5.73 Å². The van der Waals surface area contributed by atoms with Crippen LogP contribution in [0.5, 0.6) is 0 Å². The predicted octanol–water partition coefficient (Wildman–Crippen LogP) is 4.74. The van der Waals surface area contributed by atoms with Gasteiger partial charge in [0.15, 0.2) is 0 Å². The van der Waals surface area contributed by atoms with Crippen LogP contribution in [0.15, 0.2) is 67.3 Å². The quantitative estimate of drug-likeness (QED) is 0.782. The number of hydrogen-bond donors (Lipinski definition) is 1. The molecule has 0 bridgehead atoms. The Labute approximate surface area is 121 Å². The molecule has 0 spiro atoms. The highest BCUT2D eigenvalue weighted by molar-refractivity contribution is 5.85. The summed E-state index contributed by atoms with van der Waals surface area (Å²) in [4.78, 5) is 0. The van der Waals surface area contributed by atoms with Crippen LogP contribution in [-0.4, -0.2) is 0 Å². The second kappa shape index (κ2) is 7.78. The largest absolute Gasteiger partial charge is 0.324 e. The number of benzene rings is 2. The summed E-state index contributed by atoms with van der Waals surface area (Å²) < 4.78 is 0. The first kappa shape index (κ1) is 15.5. The van der Waals surface area contributed by atoms with Crippen LogP contribution in [0.4, 0.5) is 0 Å². The molecule has 0 saturated carbocycles. The zero-order valence-electron chi connectivity index (χ0n) is 11.0. The monoisotopic (exact) mass is 273 g/mol. The molecule has 0 amide bonds. The predicted molar refractivity (Wildman–Crippen MR) is 85.5 cm³/mol. The topological polar surface area (TPSA) is 26.0 Å². The molecule has 1 nitrogen and oxygen atoms in total. The van der Waals surface area contributed by atoms with E-state index >= 15 is 0 Å². The third-order valence-electron chi connectivity index (χ3n) is 3.10. The second-order valence-electron chi connectivity index (χ2n) is 4.46. The van der Waals surface area contributed by atoms with Crippen molar-refractivity contribution in [3.05, 3.63) is 72.8 Å². The van der Waals surface area contributed by atoms with Gasteiger partial charge in [-0.15, -0.1) is 19.0 Å². The van der Waals surface area contributed by atoms with Crippen LogP contribution in [-0.2, 0) is 0 Å². The molecule has 2 aromatic carbocycles. The Morgan fingerprint density at radius 1 is 1.00 bits per heavy atom. The highest BCUT2D eigenvalue weighted by atomic mass is 35.5. The van der Waals surface area contributed by atoms with Crippen molar-refractivity contribution < 1.29 is 0 Å². The van der Waals surface area contributed by atoms with Gasteiger partial charge in [-0.25, -0.2) is 0 Å². The first-order chi connectivity index (χ1) is 8.81. The Kier molecular flexibility index (Phi) is 6.34. The summed E-state index contributed by atoms with van der Waals surface area (Å²) in [6, 6.07) is 18.9. The lowest BCUT2D eigenvalue weighted by Gasteiger charge is -2.12. The molecule has 0 saturated heterocycles. The van der Waals surface area contributed by atoms with Gasteiger partial charge in [0.1, 0.15) is 0 Å². The normalized spacial score (nSPS) is 11.4. The molecule has 0 aliphatic heterocycles. The molecule has 0 heterocycles. The summed E-state index contributed by atoms with van der Waals surface area (Å²) >= 11 is 0. The van der Waals surface area contributed by atoms with E-state index in [1.54, 1.807) is 0 Å². The van der Waals surface area contributed by atoms with E-state index in [2.05, 4.69) is 55.1 Å². The molecule has 2 aromatic rings. The van der Waals surface area contributed by atoms with E-state index in [1.807, 2.05) is 12.1 Å². The molecule has 1 atom stereocenters. The average Bonchev–Trinajstić information content (AvgIpc) is 2.46. The smallest absolute Gasteiger partial charge is 0.0298 e. The van der Waals surface area contributed by atoms with Gasteiger partial charge in [-0.3, -0.25) is 0 Å². The van der Waals surface area contributed by atoms with Crippen molar-refractivity contribution in [2.75, 3.05) is 0 Å². The van der Waals surface area contributed by atoms with Gasteiger partial charge >= 0.3 is 0 Å². The average molecular weight is 274 g/mol. The van der Waals surface area contributed by atoms with Crippen molar-refractivity contribution in [3.63, 3.8) is 0 Å². The van der Waals surface area contributed by atoms with Gasteiger partial charge in [0.2, 0.25) is 0 Å². The summed E-state index contributed by atoms with van der Waals surface area (Å²) in [6.45, 7) is 3.74. The van der Waals surface area contributed by atoms with Crippen LogP contribution in [0.25, 0.3) is 11.1 Å². The zero-order valence-corrected chi connectivity index (χ0v) is 11.8. The molecule has 0 aliphatic carbocycles. The maximum Gasteiger partial charge on any atom is 0.0298 e. The molecule has 0 fully saturated rings. The van der Waals surface area contributed by atoms with E-state index in [9.17, 15) is 0 Å². The van der Waals surface area contributed by atoms with Crippen LogP contribution < -0.4 is 5.73 Å². The lowest BCUT2D eigenvalue weighted by Crippen LogP contribution is -2.09. The van der Waals surface area contributed by atoms with E-state index in [-0.39, 0.29) is 18.4 Å². The Hall–Kier alpha value is -1.57. The summed E-state index contributed by atoms with van der Waals surface area (Å²) in [6.07, 6.45) is 3.82. The van der Waals surface area contributed by atoms with Crippen molar-refractivity contribution in [1.82, 2.24) is 0 Å². The number of allylic oxidation sites excluding steroid dienone is 1. The second-order valence-corrected chi connectivity index (χ2v) is 4.46. The molecule has 0 aromatic heterocycles. The lowest BCUT2D eigenvalue weighted by atomic mass is 9.97. The molecule has 2 N–H and O–H groups in total. The van der Waals surface area contributed by atoms with Crippen molar-refractivity contribution in [1.29, 1.82) is 0 Å². The molecule has 0 unspecified atom stereocenters. The minimum atomic E-state index is 0. The van der Waals surface area contributed by atoms with Crippen molar-refractivity contribution in [2.45, 2.75) is 18.9 Å². The first-order valence-electron chi connectivity index (χ1n) is 6.33. The van der Waals surface area contributed by atoms with Gasteiger partial charge in [-0.05, 0) is 35.6 Å². The minimum absolute atomic E-state index is 0. The van der Waals surface area contributed by atoms with E-state index < -0.39 is 0 Å². The van der Waals surface area contributed by atoms with Gasteiger partial charge in [-0.2, -0.15) is 0 Å². The third kappa shape index (κ3) is 4.23. The van der Waals surface area contributed by atoms with Crippen LogP contribution in [0.3, 0.4) is 0 Å². The van der Waals surface area contributed by atoms with Gasteiger partial charge in [-0.1, -0.05) is 54.6 Å². The highest BCUT2D eigenvalue weighted by Gasteiger charge is 2.06. The Bertz CT molecular complexity index is 508. The standard InChI is InChI=1S/C17H19N.ClH/c1-2-3-12-17(18)16-11-7-10-15(13-16)14-8-5-4-6-9-14;/h2,4-11,13,17H,1,3,12,18H2;1H/t17-;/m0./s1. The maximum absolute atomic E-state index is 6.18. The van der Waals surface area contributed by atoms with E-state index in [0.717, 1.165) is 12.8 Å². The lowest BCUT2D eigenvalue weighted by molar-refractivity contribution is 0.662. The van der Waals surface area contributed by atoms with Gasteiger partial charge in [0, 0.05) is 6.04 Å². The van der Waals surface area contributed by atoms with Crippen LogP contribution in [0.2, 0.25) is 0 Å². The van der Waals surface area contributed by atoms with E-state index in [4.69, 9.17) is 5.73 Å². The summed E-state index contributed by atoms with van der Waals surface area (Å²) in [5.74, 6) is 0. The fourth-order valence-electron chi connectivity index (χ4n) is 2.04. The number of halogens is 1. The van der Waals surface area contributed by atoms with E-state index in [0.29, 0.717) is 0 Å². The van der Waals surface area contributed by atoms with Crippen LogP contribution in [0, 0.1) is 0 Å². The number of nitrogens with two attached hydrogens (primary N) is 1. The fourth-order valence-corrected chi connectivity index (χ4v) is 2.04. The SMILES string of the molecule is C=CCC[C@H](N)c1cccc(-c2ccccc2)c1.Cl. The molecule has 2 rings (SSSR count). The van der Waals surface area contributed by atoms with Crippen molar-refractivity contribution in [2.24, 2.45) is 5.73 Å². The van der Waals surface area contributed by atoms with Gasteiger partial charge in [0.05, 0.1) is 0 Å². The Morgan fingerprint density at radius 2 is 1.68 bits per heavy atom. The molecule has 100 valence electrons. The number of rotatable bonds is 5. The molecular weight excluding hydrogens is 254 g/mol. The van der Waals surface area contributed by atoms with E-state index in [1.165, 1.54) is 16.7 Å². The zero-order chi connectivity index (χ0) is 12.8. The maximum atomic E-state index is 6.18. The van der Waals surface area contributed by atoms with Crippen LogP contribution in [0.1, 0.15) is 24.4 Å². The number of hydrogen-bond acceptors (Lipinski definition) is 1. The van der Waals surface area contributed by atoms with Gasteiger partial charge in [0.25, 0.3) is 0 Å². The van der Waals surface area contributed by atoms with Crippen molar-refractivity contribution >= 4 is 12.4 Å². The summed E-state index contributed by atoms with van der Waals surface area (Å²) in [5.41, 5.74) is 9.83. The summed E-state index contributed by atoms with van der Waals surface area (Å²) in [5, 5.41) is 0. The molecule has 19 heavy (non-hydrogen) atoms. The fraction of sp³-hybridized carbons (Fsp3) is 0.176. The molecule has 0 aliphatic rings. The summed E-state index contributed by atoms with van der Waals surface area (Å²) in [7, 11) is 0. The molecular formula is C17H20ClN. The van der Waals surface area contributed by atoms with Crippen molar-refractivity contribution in [3.8, 4) is 11.1 Å². The third-order valence-corrected chi connectivity index (χ3v) is 3.10. The Balaban J connectivity index is 0.00000180. The first-order valence-corrected chi connectivity index (χ1v) is 6.33.